The molecule has 0 spiro atoms. The summed E-state index contributed by atoms with van der Waals surface area (Å²) in [5.41, 5.74) is 5.75. The number of pyridine rings is 1. The number of hydrogen-bond donors (Lipinski definition) is 1. The molecule has 0 aromatic carbocycles. The van der Waals surface area contributed by atoms with Gasteiger partial charge in [0.25, 0.3) is 0 Å². The average molecular weight is 213 g/mol. The van der Waals surface area contributed by atoms with Crippen LogP contribution in [0.15, 0.2) is 12.3 Å². The number of methoxy groups -OCH3 is 1. The fourth-order valence-electron chi connectivity index (χ4n) is 0.931. The highest BCUT2D eigenvalue weighted by Gasteiger charge is 2.16. The van der Waals surface area contributed by atoms with Crippen LogP contribution in [0.1, 0.15) is 0 Å². The van der Waals surface area contributed by atoms with Gasteiger partial charge in [0, 0.05) is 13.2 Å². The predicted octanol–water partition coefficient (Wildman–Crippen LogP) is 0.597. The van der Waals surface area contributed by atoms with Crippen molar-refractivity contribution in [1.29, 1.82) is 0 Å². The van der Waals surface area contributed by atoms with Crippen molar-refractivity contribution in [2.24, 2.45) is 0 Å². The van der Waals surface area contributed by atoms with Gasteiger partial charge in [-0.2, -0.15) is 0 Å². The SMILES string of the molecule is COCCOc1cc(N)cnc1[N+](=O)[O-]. The molecule has 0 atom stereocenters. The molecule has 7 nitrogen and oxygen atoms in total. The van der Waals surface area contributed by atoms with Gasteiger partial charge < -0.3 is 25.3 Å². The molecule has 0 radical (unpaired) electrons. The molecule has 0 saturated carbocycles. The van der Waals surface area contributed by atoms with Gasteiger partial charge in [-0.3, -0.25) is 0 Å². The van der Waals surface area contributed by atoms with Crippen molar-refractivity contribution in [3.05, 3.63) is 22.4 Å². The van der Waals surface area contributed by atoms with Crippen LogP contribution in [0.2, 0.25) is 0 Å². The minimum atomic E-state index is -0.623. The lowest BCUT2D eigenvalue weighted by atomic mass is 10.4. The molecule has 82 valence electrons. The van der Waals surface area contributed by atoms with Gasteiger partial charge >= 0.3 is 5.82 Å². The molecule has 0 aliphatic rings. The maximum atomic E-state index is 10.6. The van der Waals surface area contributed by atoms with Crippen LogP contribution in [0.5, 0.6) is 5.75 Å². The predicted molar refractivity (Wildman–Crippen MR) is 52.7 cm³/mol. The van der Waals surface area contributed by atoms with E-state index in [1.165, 1.54) is 19.4 Å². The average Bonchev–Trinajstić information content (AvgIpc) is 2.18. The van der Waals surface area contributed by atoms with Gasteiger partial charge in [0.15, 0.2) is 6.20 Å². The Kier molecular flexibility index (Phi) is 3.81. The zero-order valence-corrected chi connectivity index (χ0v) is 8.17. The van der Waals surface area contributed by atoms with Crippen LogP contribution in [-0.4, -0.2) is 30.2 Å². The first kappa shape index (κ1) is 11.2. The normalized spacial score (nSPS) is 9.93. The lowest BCUT2D eigenvalue weighted by Crippen LogP contribution is -2.07. The van der Waals surface area contributed by atoms with Gasteiger partial charge in [0.1, 0.15) is 6.61 Å². The van der Waals surface area contributed by atoms with E-state index in [0.717, 1.165) is 0 Å². The van der Waals surface area contributed by atoms with Gasteiger partial charge in [-0.1, -0.05) is 0 Å². The summed E-state index contributed by atoms with van der Waals surface area (Å²) in [6.07, 6.45) is 1.21. The molecular weight excluding hydrogens is 202 g/mol. The summed E-state index contributed by atoms with van der Waals surface area (Å²) in [5.74, 6) is -0.294. The third-order valence-corrected chi connectivity index (χ3v) is 1.57. The van der Waals surface area contributed by atoms with Crippen LogP contribution < -0.4 is 10.5 Å². The van der Waals surface area contributed by atoms with E-state index in [2.05, 4.69) is 4.98 Å². The summed E-state index contributed by atoms with van der Waals surface area (Å²) in [5, 5.41) is 10.6. The summed E-state index contributed by atoms with van der Waals surface area (Å²) in [4.78, 5) is 13.5. The molecule has 0 amide bonds. The Labute approximate surface area is 86.0 Å². The Morgan fingerprint density at radius 3 is 2.93 bits per heavy atom. The highest BCUT2D eigenvalue weighted by molar-refractivity contribution is 5.49. The molecule has 1 aromatic heterocycles. The monoisotopic (exact) mass is 213 g/mol. The molecule has 0 aliphatic heterocycles. The van der Waals surface area contributed by atoms with Crippen LogP contribution in [0, 0.1) is 10.1 Å². The Bertz CT molecular complexity index is 356. The molecule has 7 heteroatoms. The number of ether oxygens (including phenoxy) is 2. The Morgan fingerprint density at radius 1 is 1.60 bits per heavy atom. The summed E-state index contributed by atoms with van der Waals surface area (Å²) in [6, 6.07) is 1.36. The topological polar surface area (TPSA) is 101 Å². The summed E-state index contributed by atoms with van der Waals surface area (Å²) >= 11 is 0. The summed E-state index contributed by atoms with van der Waals surface area (Å²) < 4.78 is 9.86. The molecule has 0 saturated heterocycles. The molecule has 1 rings (SSSR count). The fourth-order valence-corrected chi connectivity index (χ4v) is 0.931. The van der Waals surface area contributed by atoms with Gasteiger partial charge in [-0.25, -0.2) is 0 Å². The van der Waals surface area contributed by atoms with Crippen LogP contribution in [0.4, 0.5) is 11.5 Å². The van der Waals surface area contributed by atoms with E-state index >= 15 is 0 Å². The van der Waals surface area contributed by atoms with Crippen LogP contribution in [0.25, 0.3) is 0 Å². The second-order valence-corrected chi connectivity index (χ2v) is 2.69. The molecule has 15 heavy (non-hydrogen) atoms. The quantitative estimate of drug-likeness (QED) is 0.436. The van der Waals surface area contributed by atoms with Crippen molar-refractivity contribution in [1.82, 2.24) is 4.98 Å². The summed E-state index contributed by atoms with van der Waals surface area (Å²) in [7, 11) is 1.51. The number of aromatic nitrogens is 1. The molecule has 0 aliphatic carbocycles. The highest BCUT2D eigenvalue weighted by Crippen LogP contribution is 2.25. The minimum Gasteiger partial charge on any atom is -0.483 e. The lowest BCUT2D eigenvalue weighted by molar-refractivity contribution is -0.390. The Morgan fingerprint density at radius 2 is 2.33 bits per heavy atom. The van der Waals surface area contributed by atoms with E-state index in [-0.39, 0.29) is 18.2 Å². The maximum absolute atomic E-state index is 10.6. The number of hydrogen-bond acceptors (Lipinski definition) is 6. The lowest BCUT2D eigenvalue weighted by Gasteiger charge is -2.05. The van der Waals surface area contributed by atoms with Crippen molar-refractivity contribution >= 4 is 11.5 Å². The zero-order chi connectivity index (χ0) is 11.3. The van der Waals surface area contributed by atoms with E-state index in [1.807, 2.05) is 0 Å². The zero-order valence-electron chi connectivity index (χ0n) is 8.17. The number of nitrogens with zero attached hydrogens (tertiary/aromatic N) is 2. The van der Waals surface area contributed by atoms with Crippen molar-refractivity contribution in [3.63, 3.8) is 0 Å². The second kappa shape index (κ2) is 5.11. The third-order valence-electron chi connectivity index (χ3n) is 1.57. The number of anilines is 1. The van der Waals surface area contributed by atoms with E-state index < -0.39 is 4.92 Å². The molecule has 1 aromatic rings. The molecule has 0 fully saturated rings. The Balaban J connectivity index is 2.82. The number of nitro groups is 1. The molecule has 0 unspecified atom stereocenters. The van der Waals surface area contributed by atoms with E-state index in [0.29, 0.717) is 12.3 Å². The summed E-state index contributed by atoms with van der Waals surface area (Å²) in [6.45, 7) is 0.550. The van der Waals surface area contributed by atoms with Crippen molar-refractivity contribution < 1.29 is 14.4 Å². The Hall–Kier alpha value is -1.89. The van der Waals surface area contributed by atoms with Crippen LogP contribution in [-0.2, 0) is 4.74 Å². The number of nitrogen functional groups attached to an aromatic ring is 1. The molecule has 2 N–H and O–H groups in total. The van der Waals surface area contributed by atoms with E-state index in [4.69, 9.17) is 15.2 Å². The van der Waals surface area contributed by atoms with Crippen LogP contribution in [0.3, 0.4) is 0 Å². The van der Waals surface area contributed by atoms with Crippen molar-refractivity contribution in [2.75, 3.05) is 26.1 Å². The third kappa shape index (κ3) is 3.06. The highest BCUT2D eigenvalue weighted by atomic mass is 16.6. The first-order valence-electron chi connectivity index (χ1n) is 4.16. The fraction of sp³-hybridized carbons (Fsp3) is 0.375. The van der Waals surface area contributed by atoms with Crippen LogP contribution >= 0.6 is 0 Å². The number of nitrogens with two attached hydrogens (primary N) is 1. The van der Waals surface area contributed by atoms with E-state index in [9.17, 15) is 10.1 Å². The van der Waals surface area contributed by atoms with Crippen molar-refractivity contribution in [3.8, 4) is 5.75 Å². The van der Waals surface area contributed by atoms with Gasteiger partial charge in [0.2, 0.25) is 5.75 Å². The van der Waals surface area contributed by atoms with Crippen molar-refractivity contribution in [2.45, 2.75) is 0 Å². The standard InChI is InChI=1S/C8H11N3O4/c1-14-2-3-15-7-4-6(9)5-10-8(7)11(12)13/h4-5H,2-3,9H2,1H3. The molecule has 1 heterocycles. The molecular formula is C8H11N3O4. The first-order chi connectivity index (χ1) is 7.15. The minimum absolute atomic E-state index is 0.0528. The van der Waals surface area contributed by atoms with Gasteiger partial charge in [-0.15, -0.1) is 0 Å². The number of rotatable bonds is 5. The molecule has 0 bridgehead atoms. The smallest absolute Gasteiger partial charge is 0.406 e. The maximum Gasteiger partial charge on any atom is 0.406 e. The van der Waals surface area contributed by atoms with Gasteiger partial charge in [0.05, 0.1) is 12.3 Å². The first-order valence-corrected chi connectivity index (χ1v) is 4.16. The van der Waals surface area contributed by atoms with E-state index in [1.54, 1.807) is 0 Å². The van der Waals surface area contributed by atoms with Gasteiger partial charge in [-0.05, 0) is 9.91 Å². The largest absolute Gasteiger partial charge is 0.483 e. The second-order valence-electron chi connectivity index (χ2n) is 2.69.